The SMILES string of the molecule is CN[C@H](CC(C)C)C(=O)N[C@H]1C(=O)N[C@@H](CC(N)=O)C(=O)N[C@H]2C(=O)NC3C(=O)N[C@H](C(O)N[C@H](C(=O)NCCC[N+](C)(C)C)C4=CC(O)CC(O)=C4C4CC3=CC=C4O)[C@H](O)C3=CC=C(Oc4cc2cc(c4O[C@H]2OC(CO)C(O)[C@H](O)C2O[C@H]2CC(C)(N)[C@H](O)C(C)O2)OC2=C(Cl)C=C(CC2)[C@H]1O)C(Cl)C3C. The number of carbonyl (C=O) groups is 7. The first-order valence-corrected chi connectivity index (χ1v) is 37.1. The Morgan fingerprint density at radius 3 is 2.18 bits per heavy atom. The van der Waals surface area contributed by atoms with Gasteiger partial charge >= 0.3 is 0 Å². The van der Waals surface area contributed by atoms with Crippen LogP contribution in [-0.2, 0) is 47.8 Å². The summed E-state index contributed by atoms with van der Waals surface area (Å²) >= 11 is 14.7. The molecule has 11 unspecified atom stereocenters. The van der Waals surface area contributed by atoms with E-state index < -0.39 is 235 Å². The molecule has 34 nitrogen and oxygen atoms in total. The van der Waals surface area contributed by atoms with Crippen LogP contribution >= 0.6 is 23.2 Å². The number of nitrogens with two attached hydrogens (primary N) is 2. The van der Waals surface area contributed by atoms with E-state index in [1.807, 2.05) is 35.0 Å². The molecular formula is C73H102Cl2N11O23+. The number of likely N-dealkylation sites (N-methyl/N-ethyl adjacent to an activating group) is 1. The molecule has 4 aliphatic carbocycles. The highest BCUT2D eigenvalue weighted by molar-refractivity contribution is 6.31. The van der Waals surface area contributed by atoms with E-state index in [0.29, 0.717) is 17.4 Å². The second kappa shape index (κ2) is 34.6. The van der Waals surface area contributed by atoms with Gasteiger partial charge in [-0.3, -0.25) is 38.9 Å². The van der Waals surface area contributed by atoms with Crippen molar-refractivity contribution in [3.05, 3.63) is 110 Å². The zero-order valence-electron chi connectivity index (χ0n) is 61.8. The van der Waals surface area contributed by atoms with Gasteiger partial charge in [-0.15, -0.1) is 11.6 Å². The number of benzene rings is 1. The first-order chi connectivity index (χ1) is 51.3. The predicted molar refractivity (Wildman–Crippen MR) is 389 cm³/mol. The first kappa shape index (κ1) is 83.9. The molecule has 12 rings (SSSR count). The van der Waals surface area contributed by atoms with Crippen LogP contribution in [0, 0.1) is 17.8 Å². The summed E-state index contributed by atoms with van der Waals surface area (Å²) < 4.78 is 39.7. The molecule has 7 aliphatic heterocycles. The molecule has 1 aromatic rings. The number of ether oxygens (including phenoxy) is 6. The molecule has 22 N–H and O–H groups in total. The van der Waals surface area contributed by atoms with Crippen LogP contribution in [0.3, 0.4) is 0 Å². The first-order valence-electron chi connectivity index (χ1n) is 36.3. The van der Waals surface area contributed by atoms with E-state index in [9.17, 15) is 70.2 Å². The van der Waals surface area contributed by atoms with Crippen molar-refractivity contribution < 1.29 is 118 Å². The van der Waals surface area contributed by atoms with E-state index >= 15 is 14.4 Å². The van der Waals surface area contributed by atoms with Crippen molar-refractivity contribution in [1.29, 1.82) is 0 Å². The number of allylic oxidation sites excluding steroid dienone is 9. The summed E-state index contributed by atoms with van der Waals surface area (Å²) in [6.45, 7) is 8.05. The normalized spacial score (nSPS) is 35.0. The third-order valence-electron chi connectivity index (χ3n) is 20.9. The number of hydrogen-bond acceptors (Lipinski definition) is 26. The van der Waals surface area contributed by atoms with Crippen LogP contribution < -0.4 is 68.2 Å². The summed E-state index contributed by atoms with van der Waals surface area (Å²) in [5.74, 6) is -13.3. The Kier molecular flexibility index (Phi) is 26.6. The Morgan fingerprint density at radius 1 is 0.844 bits per heavy atom. The van der Waals surface area contributed by atoms with Crippen molar-refractivity contribution in [2.75, 3.05) is 47.9 Å². The van der Waals surface area contributed by atoms with Gasteiger partial charge in [0.1, 0.15) is 78.1 Å². The maximum absolute atomic E-state index is 16.3. The van der Waals surface area contributed by atoms with Gasteiger partial charge < -0.3 is 133 Å². The lowest BCUT2D eigenvalue weighted by Crippen LogP contribution is -2.64. The average molecular weight is 1570 g/mol. The smallest absolute Gasteiger partial charge is 0.248 e. The lowest BCUT2D eigenvalue weighted by molar-refractivity contribution is -0.870. The van der Waals surface area contributed by atoms with Crippen molar-refractivity contribution in [3.63, 3.8) is 0 Å². The minimum atomic E-state index is -2.26. The van der Waals surface area contributed by atoms with Gasteiger partial charge in [0, 0.05) is 55.2 Å². The van der Waals surface area contributed by atoms with E-state index in [-0.39, 0.29) is 88.1 Å². The van der Waals surface area contributed by atoms with E-state index in [4.69, 9.17) is 63.1 Å². The topological polar surface area (TPSA) is 525 Å². The summed E-state index contributed by atoms with van der Waals surface area (Å²) in [6, 6.07) is -10.7. The number of nitrogens with one attached hydrogen (secondary N) is 8. The van der Waals surface area contributed by atoms with Gasteiger partial charge in [0.2, 0.25) is 53.4 Å². The van der Waals surface area contributed by atoms with Gasteiger partial charge in [0.15, 0.2) is 23.9 Å². The van der Waals surface area contributed by atoms with Gasteiger partial charge in [-0.2, -0.15) is 0 Å². The van der Waals surface area contributed by atoms with Crippen LogP contribution in [0.4, 0.5) is 0 Å². The van der Waals surface area contributed by atoms with Gasteiger partial charge in [0.25, 0.3) is 0 Å². The fourth-order valence-corrected chi connectivity index (χ4v) is 15.4. The minimum absolute atomic E-state index is 0.0228. The summed E-state index contributed by atoms with van der Waals surface area (Å²) in [4.78, 5) is 105. The van der Waals surface area contributed by atoms with Gasteiger partial charge in [-0.1, -0.05) is 44.5 Å². The molecule has 109 heavy (non-hydrogen) atoms. The van der Waals surface area contributed by atoms with E-state index in [2.05, 4.69) is 42.5 Å². The monoisotopic (exact) mass is 1570 g/mol. The van der Waals surface area contributed by atoms with E-state index in [1.165, 1.54) is 51.3 Å². The molecule has 7 heterocycles. The number of aliphatic hydroxyl groups excluding tert-OH is 10. The number of amides is 7. The maximum Gasteiger partial charge on any atom is 0.248 e. The number of halogens is 2. The number of rotatable bonds is 17. The molecule has 23 atom stereocenters. The molecule has 11 aliphatic rings. The van der Waals surface area contributed by atoms with Gasteiger partial charge in [0.05, 0.1) is 93.4 Å². The molecule has 0 aromatic heterocycles. The van der Waals surface area contributed by atoms with Crippen molar-refractivity contribution in [2.24, 2.45) is 29.2 Å². The Labute approximate surface area is 639 Å². The molecule has 3 saturated heterocycles. The van der Waals surface area contributed by atoms with Crippen molar-refractivity contribution >= 4 is 64.6 Å². The molecule has 7 amide bonds. The van der Waals surface area contributed by atoms with Crippen LogP contribution in [0.2, 0.25) is 0 Å². The van der Waals surface area contributed by atoms with Crippen LogP contribution in [0.5, 0.6) is 17.2 Å². The minimum Gasteiger partial charge on any atom is -0.512 e. The number of hydrogen-bond donors (Lipinski definition) is 20. The van der Waals surface area contributed by atoms with Crippen LogP contribution in [0.25, 0.3) is 0 Å². The molecule has 1 aromatic carbocycles. The lowest BCUT2D eigenvalue weighted by Gasteiger charge is -2.47. The summed E-state index contributed by atoms with van der Waals surface area (Å²) in [5, 5.41) is 139. The zero-order chi connectivity index (χ0) is 79.7. The van der Waals surface area contributed by atoms with Crippen molar-refractivity contribution in [1.82, 2.24) is 42.5 Å². The van der Waals surface area contributed by atoms with E-state index in [1.54, 1.807) is 6.92 Å². The van der Waals surface area contributed by atoms with Gasteiger partial charge in [-0.05, 0) is 110 Å². The number of carbonyl (C=O) groups excluding carboxylic acids is 7. The second-order valence-corrected chi connectivity index (χ2v) is 31.7. The predicted octanol–water partition coefficient (Wildman–Crippen LogP) is -2.15. The molecular weight excluding hydrogens is 1470 g/mol. The molecule has 0 spiro atoms. The number of quaternary nitrogens is 1. The highest BCUT2D eigenvalue weighted by Gasteiger charge is 2.53. The summed E-state index contributed by atoms with van der Waals surface area (Å²) in [7, 11) is 7.36. The maximum atomic E-state index is 16.3. The molecule has 0 radical (unpaired) electrons. The van der Waals surface area contributed by atoms with E-state index in [0.717, 1.165) is 18.2 Å². The third kappa shape index (κ3) is 19.0. The lowest BCUT2D eigenvalue weighted by atomic mass is 9.75. The molecule has 36 heteroatoms. The van der Waals surface area contributed by atoms with Crippen LogP contribution in [-0.4, -0.2) is 266 Å². The van der Waals surface area contributed by atoms with Crippen molar-refractivity contribution in [2.45, 2.75) is 213 Å². The quantitative estimate of drug-likeness (QED) is 0.0449. The Hall–Kier alpha value is -7.59. The Morgan fingerprint density at radius 2 is 1.53 bits per heavy atom. The van der Waals surface area contributed by atoms with Crippen LogP contribution in [0.15, 0.2) is 105 Å². The highest BCUT2D eigenvalue weighted by atomic mass is 35.5. The fourth-order valence-electron chi connectivity index (χ4n) is 14.9. The molecule has 11 bridgehead atoms. The Bertz CT molecular complexity index is 3930. The fraction of sp³-hybridized carbons (Fsp3) is 0.603. The summed E-state index contributed by atoms with van der Waals surface area (Å²) in [5.41, 5.74) is 10.4. The number of nitrogens with zero attached hydrogens (tertiary/aromatic N) is 1. The highest BCUT2D eigenvalue weighted by Crippen LogP contribution is 2.49. The average Bonchev–Trinajstić information content (AvgIpc) is 0.765. The number of fused-ring (bicyclic) bond motifs is 15. The molecule has 0 saturated carbocycles. The standard InChI is InChI=1S/C73H101Cl2N11O23/c1-29(2)19-40(78-6)65(97)84-56-58(92)33-12-15-44(39(74)21-33)105-46-22-34-23-47(62(46)109-72-63(61(95)60(94)48(28-87)107-72)108-50-27-73(5,77)64(96)31(4)104-50)106-45-16-13-36(30(3)52(45)75)59(93)57-71(103)83-55(67(99)79-17-10-18-86(7,8)9)38-24-35(88)25-43(90)51(38)37-20-32(11-14-42(37)89)53(68(100)85-57)82-69(101)54(34)81-66(98)41(26-49(76)91)80-70(56)102/h11,13-14,16,21-24,29-31,35,37,40-41,48,50,52-61,63-64,71-72,78,83,87-88,92-96,103H,10,12,15,17-20,25-28,77H2,1-9H3,(H9-,76,79,80,81,82,84,85,89,90,91,97,98,99,100,101,102)/p+1/t30?,31?,35?,37?,40-,41+,48?,50+,52?,53?,54-,55+,56-,57+,58-,59-,60?,61+,63?,64-,71?,72-,73?/m1/s1. The number of aliphatic hydroxyl groups is 10. The second-order valence-electron chi connectivity index (χ2n) is 30.9. The molecule has 600 valence electrons. The zero-order valence-corrected chi connectivity index (χ0v) is 63.3. The van der Waals surface area contributed by atoms with Crippen LogP contribution in [0.1, 0.15) is 97.6 Å². The third-order valence-corrected chi connectivity index (χ3v) is 21.8. The number of primary amides is 1. The largest absolute Gasteiger partial charge is 0.512 e. The van der Waals surface area contributed by atoms with Crippen molar-refractivity contribution in [3.8, 4) is 17.2 Å². The van der Waals surface area contributed by atoms with Gasteiger partial charge in [-0.25, -0.2) is 0 Å². The number of alkyl halides is 1. The summed E-state index contributed by atoms with van der Waals surface area (Å²) in [6.07, 6.45) is -14.8. The molecule has 3 fully saturated rings. The Balaban J connectivity index is 1.21.